The quantitative estimate of drug-likeness (QED) is 0.592. The van der Waals surface area contributed by atoms with Crippen molar-refractivity contribution in [1.29, 1.82) is 0 Å². The van der Waals surface area contributed by atoms with Gasteiger partial charge in [0.15, 0.2) is 0 Å². The van der Waals surface area contributed by atoms with Crippen LogP contribution in [0.4, 0.5) is 0 Å². The van der Waals surface area contributed by atoms with Gasteiger partial charge in [0.1, 0.15) is 0 Å². The summed E-state index contributed by atoms with van der Waals surface area (Å²) in [6.07, 6.45) is 8.21. The van der Waals surface area contributed by atoms with Gasteiger partial charge in [0, 0.05) is 19.3 Å². The zero-order chi connectivity index (χ0) is 10.5. The maximum absolute atomic E-state index is 5.48. The van der Waals surface area contributed by atoms with Gasteiger partial charge in [-0.15, -0.1) is 0 Å². The Balaban J connectivity index is 1.48. The van der Waals surface area contributed by atoms with Crippen LogP contribution in [0.5, 0.6) is 0 Å². The SMILES string of the molecule is CCCOCCCNC(C1CC1)C1CC1. The second-order valence-electron chi connectivity index (χ2n) is 5.12. The first-order valence-corrected chi connectivity index (χ1v) is 6.73. The third-order valence-corrected chi connectivity index (χ3v) is 3.45. The zero-order valence-electron chi connectivity index (χ0n) is 10.0. The van der Waals surface area contributed by atoms with Crippen LogP contribution in [0.15, 0.2) is 0 Å². The number of ether oxygens (including phenoxy) is 1. The Morgan fingerprint density at radius 2 is 1.80 bits per heavy atom. The van der Waals surface area contributed by atoms with E-state index in [0.29, 0.717) is 0 Å². The monoisotopic (exact) mass is 211 g/mol. The van der Waals surface area contributed by atoms with Crippen molar-refractivity contribution in [2.45, 2.75) is 51.5 Å². The molecular formula is C13H25NO. The minimum atomic E-state index is 0.858. The van der Waals surface area contributed by atoms with Crippen LogP contribution in [0.1, 0.15) is 45.4 Å². The highest BCUT2D eigenvalue weighted by atomic mass is 16.5. The third kappa shape index (κ3) is 4.12. The van der Waals surface area contributed by atoms with Crippen LogP contribution in [-0.4, -0.2) is 25.8 Å². The molecule has 0 aliphatic heterocycles. The molecule has 1 N–H and O–H groups in total. The molecular weight excluding hydrogens is 186 g/mol. The third-order valence-electron chi connectivity index (χ3n) is 3.45. The van der Waals surface area contributed by atoms with Crippen LogP contribution >= 0.6 is 0 Å². The molecule has 2 heteroatoms. The van der Waals surface area contributed by atoms with Crippen molar-refractivity contribution in [3.05, 3.63) is 0 Å². The summed E-state index contributed by atoms with van der Waals surface area (Å²) in [5, 5.41) is 3.74. The number of nitrogens with one attached hydrogen (secondary N) is 1. The Labute approximate surface area is 93.8 Å². The van der Waals surface area contributed by atoms with Crippen molar-refractivity contribution in [2.24, 2.45) is 11.8 Å². The lowest BCUT2D eigenvalue weighted by Gasteiger charge is -2.17. The first kappa shape index (κ1) is 11.4. The topological polar surface area (TPSA) is 21.3 Å². The van der Waals surface area contributed by atoms with Crippen LogP contribution in [0, 0.1) is 11.8 Å². The fourth-order valence-corrected chi connectivity index (χ4v) is 2.32. The first-order chi connectivity index (χ1) is 7.42. The van der Waals surface area contributed by atoms with Gasteiger partial charge < -0.3 is 10.1 Å². The Hall–Kier alpha value is -0.0800. The van der Waals surface area contributed by atoms with Gasteiger partial charge in [-0.25, -0.2) is 0 Å². The van der Waals surface area contributed by atoms with E-state index in [4.69, 9.17) is 4.74 Å². The summed E-state index contributed by atoms with van der Waals surface area (Å²) >= 11 is 0. The highest BCUT2D eigenvalue weighted by Gasteiger charge is 2.40. The van der Waals surface area contributed by atoms with Crippen LogP contribution in [0.3, 0.4) is 0 Å². The molecule has 0 atom stereocenters. The summed E-state index contributed by atoms with van der Waals surface area (Å²) in [6, 6.07) is 0.858. The number of hydrogen-bond acceptors (Lipinski definition) is 2. The second-order valence-corrected chi connectivity index (χ2v) is 5.12. The zero-order valence-corrected chi connectivity index (χ0v) is 10.0. The molecule has 0 aromatic heterocycles. The molecule has 0 bridgehead atoms. The van der Waals surface area contributed by atoms with Gasteiger partial charge in [-0.05, 0) is 56.9 Å². The van der Waals surface area contributed by atoms with Crippen molar-refractivity contribution in [1.82, 2.24) is 5.32 Å². The van der Waals surface area contributed by atoms with E-state index in [-0.39, 0.29) is 0 Å². The smallest absolute Gasteiger partial charge is 0.0478 e. The molecule has 2 aliphatic rings. The highest BCUT2D eigenvalue weighted by molar-refractivity contribution is 4.96. The Bertz CT molecular complexity index is 163. The summed E-state index contributed by atoms with van der Waals surface area (Å²) in [7, 11) is 0. The molecule has 0 aromatic rings. The summed E-state index contributed by atoms with van der Waals surface area (Å²) in [5.41, 5.74) is 0. The van der Waals surface area contributed by atoms with Gasteiger partial charge in [-0.2, -0.15) is 0 Å². The molecule has 2 aliphatic carbocycles. The van der Waals surface area contributed by atoms with Crippen molar-refractivity contribution < 1.29 is 4.74 Å². The maximum Gasteiger partial charge on any atom is 0.0478 e. The molecule has 0 unspecified atom stereocenters. The minimum absolute atomic E-state index is 0.858. The fraction of sp³-hybridized carbons (Fsp3) is 1.00. The lowest BCUT2D eigenvalue weighted by molar-refractivity contribution is 0.131. The predicted molar refractivity (Wildman–Crippen MR) is 63.0 cm³/mol. The fourth-order valence-electron chi connectivity index (χ4n) is 2.32. The van der Waals surface area contributed by atoms with E-state index in [1.807, 2.05) is 0 Å². The van der Waals surface area contributed by atoms with E-state index < -0.39 is 0 Å². The van der Waals surface area contributed by atoms with E-state index in [9.17, 15) is 0 Å². The molecule has 15 heavy (non-hydrogen) atoms. The van der Waals surface area contributed by atoms with E-state index in [2.05, 4.69) is 12.2 Å². The van der Waals surface area contributed by atoms with Crippen LogP contribution in [0.2, 0.25) is 0 Å². The molecule has 0 amide bonds. The molecule has 0 aromatic carbocycles. The van der Waals surface area contributed by atoms with Gasteiger partial charge in [0.05, 0.1) is 0 Å². The average Bonchev–Trinajstić information content (AvgIpc) is 3.09. The first-order valence-electron chi connectivity index (χ1n) is 6.73. The van der Waals surface area contributed by atoms with Crippen molar-refractivity contribution in [3.8, 4) is 0 Å². The molecule has 2 rings (SSSR count). The second kappa shape index (κ2) is 5.86. The Morgan fingerprint density at radius 1 is 1.13 bits per heavy atom. The minimum Gasteiger partial charge on any atom is -0.381 e. The van der Waals surface area contributed by atoms with Crippen molar-refractivity contribution in [2.75, 3.05) is 19.8 Å². The molecule has 0 radical (unpaired) electrons. The van der Waals surface area contributed by atoms with E-state index in [1.54, 1.807) is 0 Å². The van der Waals surface area contributed by atoms with Crippen molar-refractivity contribution in [3.63, 3.8) is 0 Å². The highest BCUT2D eigenvalue weighted by Crippen LogP contribution is 2.44. The van der Waals surface area contributed by atoms with Gasteiger partial charge in [-0.1, -0.05) is 6.92 Å². The van der Waals surface area contributed by atoms with Gasteiger partial charge >= 0.3 is 0 Å². The Kier molecular flexibility index (Phi) is 4.45. The van der Waals surface area contributed by atoms with Gasteiger partial charge in [-0.3, -0.25) is 0 Å². The van der Waals surface area contributed by atoms with Crippen LogP contribution in [-0.2, 0) is 4.74 Å². The summed E-state index contributed by atoms with van der Waals surface area (Å²) in [6.45, 7) is 5.17. The predicted octanol–water partition coefficient (Wildman–Crippen LogP) is 2.58. The normalized spacial score (nSPS) is 21.2. The molecule has 2 nitrogen and oxygen atoms in total. The number of rotatable bonds is 9. The Morgan fingerprint density at radius 3 is 2.33 bits per heavy atom. The van der Waals surface area contributed by atoms with E-state index in [1.165, 1.54) is 32.1 Å². The molecule has 0 saturated heterocycles. The largest absolute Gasteiger partial charge is 0.381 e. The van der Waals surface area contributed by atoms with Crippen molar-refractivity contribution >= 4 is 0 Å². The number of hydrogen-bond donors (Lipinski definition) is 1. The van der Waals surface area contributed by atoms with Gasteiger partial charge in [0.25, 0.3) is 0 Å². The lowest BCUT2D eigenvalue weighted by atomic mass is 10.1. The summed E-state index contributed by atoms with van der Waals surface area (Å²) < 4.78 is 5.48. The van der Waals surface area contributed by atoms with Crippen LogP contribution in [0.25, 0.3) is 0 Å². The van der Waals surface area contributed by atoms with Gasteiger partial charge in [0.2, 0.25) is 0 Å². The van der Waals surface area contributed by atoms with E-state index >= 15 is 0 Å². The molecule has 2 saturated carbocycles. The average molecular weight is 211 g/mol. The molecule has 0 spiro atoms. The van der Waals surface area contributed by atoms with E-state index in [0.717, 1.165) is 44.1 Å². The standard InChI is InChI=1S/C13H25NO/c1-2-9-15-10-3-8-14-13(11-4-5-11)12-6-7-12/h11-14H,2-10H2,1H3. The summed E-state index contributed by atoms with van der Waals surface area (Å²) in [5.74, 6) is 2.04. The molecule has 0 heterocycles. The van der Waals surface area contributed by atoms with Crippen LogP contribution < -0.4 is 5.32 Å². The summed E-state index contributed by atoms with van der Waals surface area (Å²) in [4.78, 5) is 0. The maximum atomic E-state index is 5.48. The molecule has 2 fully saturated rings. The molecule has 88 valence electrons. The lowest BCUT2D eigenvalue weighted by Crippen LogP contribution is -2.34.